The van der Waals surface area contributed by atoms with Crippen molar-refractivity contribution in [2.75, 3.05) is 18.1 Å². The standard InChI is InChI=1S/C15H22ClN3OS/c1-3-17-14-13(16)8-10(9-18-14)15(20)19-11-4-6-12(21-2)7-5-11/h8-9,11-12H,3-7H2,1-2H3,(H,17,18)(H,19,20). The molecule has 116 valence electrons. The molecule has 0 bridgehead atoms. The maximum Gasteiger partial charge on any atom is 0.253 e. The van der Waals surface area contributed by atoms with Crippen molar-refractivity contribution in [2.24, 2.45) is 0 Å². The van der Waals surface area contributed by atoms with Crippen molar-refractivity contribution in [1.82, 2.24) is 10.3 Å². The molecule has 0 aromatic carbocycles. The van der Waals surface area contributed by atoms with Crippen LogP contribution >= 0.6 is 23.4 Å². The van der Waals surface area contributed by atoms with Crippen molar-refractivity contribution in [2.45, 2.75) is 43.9 Å². The van der Waals surface area contributed by atoms with Crippen LogP contribution in [0.2, 0.25) is 5.02 Å². The minimum absolute atomic E-state index is 0.0833. The van der Waals surface area contributed by atoms with Crippen molar-refractivity contribution in [1.29, 1.82) is 0 Å². The van der Waals surface area contributed by atoms with E-state index in [0.717, 1.165) is 24.6 Å². The lowest BCUT2D eigenvalue weighted by atomic mass is 9.95. The van der Waals surface area contributed by atoms with E-state index in [0.29, 0.717) is 16.4 Å². The largest absolute Gasteiger partial charge is 0.369 e. The molecule has 0 unspecified atom stereocenters. The zero-order valence-corrected chi connectivity index (χ0v) is 14.1. The molecule has 0 radical (unpaired) electrons. The van der Waals surface area contributed by atoms with E-state index in [4.69, 9.17) is 11.6 Å². The number of rotatable bonds is 5. The molecule has 0 atom stereocenters. The van der Waals surface area contributed by atoms with Crippen LogP contribution in [-0.4, -0.2) is 35.0 Å². The predicted octanol–water partition coefficient (Wildman–Crippen LogP) is 3.57. The third kappa shape index (κ3) is 4.51. The number of carbonyl (C=O) groups excluding carboxylic acids is 1. The summed E-state index contributed by atoms with van der Waals surface area (Å²) in [5, 5.41) is 7.37. The Bertz CT molecular complexity index is 490. The molecule has 6 heteroatoms. The SMILES string of the molecule is CCNc1ncc(C(=O)NC2CCC(SC)CC2)cc1Cl. The highest BCUT2D eigenvalue weighted by atomic mass is 35.5. The Hall–Kier alpha value is -0.940. The predicted molar refractivity (Wildman–Crippen MR) is 90.4 cm³/mol. The van der Waals surface area contributed by atoms with Gasteiger partial charge in [-0.05, 0) is 44.9 Å². The number of nitrogens with zero attached hydrogens (tertiary/aromatic N) is 1. The van der Waals surface area contributed by atoms with E-state index in [-0.39, 0.29) is 11.9 Å². The second kappa shape index (κ2) is 7.90. The van der Waals surface area contributed by atoms with Gasteiger partial charge in [-0.15, -0.1) is 0 Å². The van der Waals surface area contributed by atoms with Crippen molar-refractivity contribution in [3.8, 4) is 0 Å². The Morgan fingerprint density at radius 3 is 2.71 bits per heavy atom. The van der Waals surface area contributed by atoms with Gasteiger partial charge >= 0.3 is 0 Å². The molecule has 0 spiro atoms. The van der Waals surface area contributed by atoms with E-state index in [9.17, 15) is 4.79 Å². The molecule has 2 rings (SSSR count). The molecule has 4 nitrogen and oxygen atoms in total. The quantitative estimate of drug-likeness (QED) is 0.868. The van der Waals surface area contributed by atoms with E-state index in [1.807, 2.05) is 18.7 Å². The lowest BCUT2D eigenvalue weighted by Gasteiger charge is -2.28. The van der Waals surface area contributed by atoms with E-state index in [2.05, 4.69) is 21.9 Å². The summed E-state index contributed by atoms with van der Waals surface area (Å²) in [5.74, 6) is 0.538. The summed E-state index contributed by atoms with van der Waals surface area (Å²) in [6, 6.07) is 1.95. The summed E-state index contributed by atoms with van der Waals surface area (Å²) in [4.78, 5) is 16.5. The highest BCUT2D eigenvalue weighted by Crippen LogP contribution is 2.27. The number of nitrogens with one attached hydrogen (secondary N) is 2. The molecule has 1 saturated carbocycles. The van der Waals surface area contributed by atoms with E-state index >= 15 is 0 Å². The molecule has 0 aliphatic heterocycles. The van der Waals surface area contributed by atoms with Gasteiger partial charge in [0.1, 0.15) is 5.82 Å². The molecular formula is C15H22ClN3OS. The first-order chi connectivity index (χ1) is 10.1. The third-order valence-electron chi connectivity index (χ3n) is 3.79. The molecule has 1 aromatic rings. The lowest BCUT2D eigenvalue weighted by molar-refractivity contribution is 0.0928. The fraction of sp³-hybridized carbons (Fsp3) is 0.600. The van der Waals surface area contributed by atoms with Crippen LogP contribution in [0.15, 0.2) is 12.3 Å². The van der Waals surface area contributed by atoms with Gasteiger partial charge in [0.25, 0.3) is 5.91 Å². The first-order valence-corrected chi connectivity index (χ1v) is 9.03. The molecule has 1 aliphatic rings. The Morgan fingerprint density at radius 1 is 1.43 bits per heavy atom. The van der Waals surface area contributed by atoms with Crippen molar-refractivity contribution in [3.05, 3.63) is 22.8 Å². The summed E-state index contributed by atoms with van der Waals surface area (Å²) in [7, 11) is 0. The first-order valence-electron chi connectivity index (χ1n) is 7.37. The smallest absolute Gasteiger partial charge is 0.253 e. The van der Waals surface area contributed by atoms with Gasteiger partial charge < -0.3 is 10.6 Å². The summed E-state index contributed by atoms with van der Waals surface area (Å²) in [6.07, 6.45) is 8.17. The number of carbonyl (C=O) groups is 1. The Labute approximate surface area is 135 Å². The number of anilines is 1. The zero-order valence-electron chi connectivity index (χ0n) is 12.5. The Balaban J connectivity index is 1.93. The minimum Gasteiger partial charge on any atom is -0.369 e. The van der Waals surface area contributed by atoms with Gasteiger partial charge in [-0.2, -0.15) is 11.8 Å². The molecule has 0 saturated heterocycles. The van der Waals surface area contributed by atoms with Gasteiger partial charge in [-0.25, -0.2) is 4.98 Å². The minimum atomic E-state index is -0.0833. The van der Waals surface area contributed by atoms with E-state index in [1.54, 1.807) is 12.3 Å². The number of hydrogen-bond donors (Lipinski definition) is 2. The van der Waals surface area contributed by atoms with Crippen LogP contribution in [0.3, 0.4) is 0 Å². The van der Waals surface area contributed by atoms with Crippen molar-refractivity contribution >= 4 is 35.1 Å². The second-order valence-corrected chi connectivity index (χ2v) is 6.81. The van der Waals surface area contributed by atoms with Crippen LogP contribution in [-0.2, 0) is 0 Å². The Morgan fingerprint density at radius 2 is 2.14 bits per heavy atom. The Kier molecular flexibility index (Phi) is 6.18. The molecule has 1 aliphatic carbocycles. The van der Waals surface area contributed by atoms with Crippen LogP contribution in [0.25, 0.3) is 0 Å². The van der Waals surface area contributed by atoms with Crippen LogP contribution in [0.5, 0.6) is 0 Å². The number of amides is 1. The normalized spacial score (nSPS) is 21.9. The van der Waals surface area contributed by atoms with Gasteiger partial charge in [0.15, 0.2) is 0 Å². The highest BCUT2D eigenvalue weighted by Gasteiger charge is 2.22. The molecule has 21 heavy (non-hydrogen) atoms. The van der Waals surface area contributed by atoms with Gasteiger partial charge in [0.05, 0.1) is 10.6 Å². The first kappa shape index (κ1) is 16.4. The lowest BCUT2D eigenvalue weighted by Crippen LogP contribution is -2.38. The maximum atomic E-state index is 12.2. The summed E-state index contributed by atoms with van der Waals surface area (Å²) in [6.45, 7) is 2.72. The number of thioether (sulfide) groups is 1. The van der Waals surface area contributed by atoms with Crippen LogP contribution in [0.1, 0.15) is 43.0 Å². The van der Waals surface area contributed by atoms with Gasteiger partial charge in [-0.3, -0.25) is 4.79 Å². The molecule has 1 aromatic heterocycles. The number of pyridine rings is 1. The van der Waals surface area contributed by atoms with Crippen LogP contribution in [0.4, 0.5) is 5.82 Å². The van der Waals surface area contributed by atoms with Crippen molar-refractivity contribution < 1.29 is 4.79 Å². The van der Waals surface area contributed by atoms with Crippen LogP contribution in [0, 0.1) is 0 Å². The van der Waals surface area contributed by atoms with Crippen molar-refractivity contribution in [3.63, 3.8) is 0 Å². The average molecular weight is 328 g/mol. The average Bonchev–Trinajstić information content (AvgIpc) is 2.50. The zero-order chi connectivity index (χ0) is 15.2. The van der Waals surface area contributed by atoms with Gasteiger partial charge in [-0.1, -0.05) is 11.6 Å². The molecule has 2 N–H and O–H groups in total. The number of hydrogen-bond acceptors (Lipinski definition) is 4. The van der Waals surface area contributed by atoms with Gasteiger partial charge in [0, 0.05) is 24.0 Å². The number of halogens is 1. The fourth-order valence-electron chi connectivity index (χ4n) is 2.57. The van der Waals surface area contributed by atoms with Crippen LogP contribution < -0.4 is 10.6 Å². The third-order valence-corrected chi connectivity index (χ3v) is 5.22. The summed E-state index contributed by atoms with van der Waals surface area (Å²) < 4.78 is 0. The molecule has 1 heterocycles. The summed E-state index contributed by atoms with van der Waals surface area (Å²) in [5.41, 5.74) is 0.522. The van der Waals surface area contributed by atoms with E-state index < -0.39 is 0 Å². The fourth-order valence-corrected chi connectivity index (χ4v) is 3.55. The maximum absolute atomic E-state index is 12.2. The molecular weight excluding hydrogens is 306 g/mol. The monoisotopic (exact) mass is 327 g/mol. The molecule has 1 fully saturated rings. The topological polar surface area (TPSA) is 54.0 Å². The highest BCUT2D eigenvalue weighted by molar-refractivity contribution is 7.99. The second-order valence-electron chi connectivity index (χ2n) is 5.27. The van der Waals surface area contributed by atoms with Gasteiger partial charge in [0.2, 0.25) is 0 Å². The van der Waals surface area contributed by atoms with E-state index in [1.165, 1.54) is 12.8 Å². The molecule has 1 amide bonds. The number of aromatic nitrogens is 1. The summed E-state index contributed by atoms with van der Waals surface area (Å²) >= 11 is 8.05.